The summed E-state index contributed by atoms with van der Waals surface area (Å²) < 4.78 is 0.0533. The number of nitrogens with zero attached hydrogens (tertiary/aromatic N) is 4. The van der Waals surface area contributed by atoms with Gasteiger partial charge in [-0.1, -0.05) is 34.2 Å². The summed E-state index contributed by atoms with van der Waals surface area (Å²) in [5.74, 6) is -1.71. The van der Waals surface area contributed by atoms with Gasteiger partial charge in [-0.05, 0) is 18.6 Å². The molecule has 2 aliphatic heterocycles. The first-order valence-corrected chi connectivity index (χ1v) is 12.9. The highest BCUT2D eigenvalue weighted by atomic mass is 35.5. The Labute approximate surface area is 210 Å². The molecular weight excluding hydrogens is 524 g/mol. The Balaban J connectivity index is 1.45. The quantitative estimate of drug-likeness (QED) is 0.167. The largest absolute Gasteiger partial charge is 0.477 e. The number of pyridine rings is 1. The summed E-state index contributed by atoms with van der Waals surface area (Å²) in [5, 5.41) is 24.0. The molecule has 2 aromatic rings. The third kappa shape index (κ3) is 4.71. The van der Waals surface area contributed by atoms with Gasteiger partial charge in [0.2, 0.25) is 0 Å². The SMILES string of the molecule is Nc1nc(/C(=N/O)C(=O)N[C@@H]2C(=O)N3C(C(=O)O)=C(SCCc4ccccn4)CS[C@H]23)c(Cl)s1. The molecule has 0 unspecified atom stereocenters. The van der Waals surface area contributed by atoms with Crippen LogP contribution in [0.15, 0.2) is 40.2 Å². The van der Waals surface area contributed by atoms with Gasteiger partial charge in [0, 0.05) is 28.3 Å². The highest BCUT2D eigenvalue weighted by Gasteiger charge is 2.54. The van der Waals surface area contributed by atoms with Crippen molar-refractivity contribution in [1.29, 1.82) is 0 Å². The van der Waals surface area contributed by atoms with Crippen LogP contribution in [0.1, 0.15) is 11.4 Å². The highest BCUT2D eigenvalue weighted by molar-refractivity contribution is 8.06. The first-order valence-electron chi connectivity index (χ1n) is 9.70. The highest BCUT2D eigenvalue weighted by Crippen LogP contribution is 2.43. The van der Waals surface area contributed by atoms with Gasteiger partial charge >= 0.3 is 5.97 Å². The maximum absolute atomic E-state index is 12.8. The predicted octanol–water partition coefficient (Wildman–Crippen LogP) is 1.62. The Bertz CT molecular complexity index is 1200. The summed E-state index contributed by atoms with van der Waals surface area (Å²) in [5.41, 5.74) is 5.77. The van der Waals surface area contributed by atoms with E-state index >= 15 is 0 Å². The molecule has 0 aromatic carbocycles. The smallest absolute Gasteiger partial charge is 0.353 e. The number of aromatic nitrogens is 2. The zero-order valence-electron chi connectivity index (χ0n) is 17.2. The molecule has 4 heterocycles. The second-order valence-electron chi connectivity index (χ2n) is 6.98. The van der Waals surface area contributed by atoms with Crippen LogP contribution < -0.4 is 11.1 Å². The maximum atomic E-state index is 12.8. The number of nitrogens with one attached hydrogen (secondary N) is 1. The van der Waals surface area contributed by atoms with E-state index in [1.54, 1.807) is 6.20 Å². The number of amides is 2. The van der Waals surface area contributed by atoms with Crippen molar-refractivity contribution in [2.45, 2.75) is 17.8 Å². The molecule has 0 radical (unpaired) electrons. The van der Waals surface area contributed by atoms with Crippen molar-refractivity contribution >= 4 is 75.1 Å². The molecule has 34 heavy (non-hydrogen) atoms. The number of carbonyl (C=O) groups excluding carboxylic acids is 2. The van der Waals surface area contributed by atoms with Gasteiger partial charge in [-0.2, -0.15) is 0 Å². The van der Waals surface area contributed by atoms with E-state index in [1.807, 2.05) is 18.2 Å². The van der Waals surface area contributed by atoms with Crippen LogP contribution in [0, 0.1) is 0 Å². The summed E-state index contributed by atoms with van der Waals surface area (Å²) in [6, 6.07) is 4.59. The van der Waals surface area contributed by atoms with E-state index in [-0.39, 0.29) is 20.9 Å². The van der Waals surface area contributed by atoms with E-state index in [1.165, 1.54) is 28.4 Å². The van der Waals surface area contributed by atoms with Crippen LogP contribution in [0.25, 0.3) is 0 Å². The van der Waals surface area contributed by atoms with Crippen molar-refractivity contribution in [2.24, 2.45) is 5.16 Å². The number of β-lactam (4-membered cyclic amide) rings is 1. The fourth-order valence-corrected chi connectivity index (χ4v) is 6.94. The van der Waals surface area contributed by atoms with Crippen molar-refractivity contribution in [3.8, 4) is 0 Å². The summed E-state index contributed by atoms with van der Waals surface area (Å²) >= 11 is 9.59. The molecule has 2 aliphatic rings. The lowest BCUT2D eigenvalue weighted by atomic mass is 10.0. The van der Waals surface area contributed by atoms with E-state index in [4.69, 9.17) is 17.3 Å². The Morgan fingerprint density at radius 3 is 2.82 bits per heavy atom. The van der Waals surface area contributed by atoms with Gasteiger partial charge in [0.25, 0.3) is 11.8 Å². The average Bonchev–Trinajstić information content (AvgIpc) is 3.15. The van der Waals surface area contributed by atoms with Crippen LogP contribution in [0.3, 0.4) is 0 Å². The number of fused-ring (bicyclic) bond motifs is 1. The average molecular weight is 541 g/mol. The van der Waals surface area contributed by atoms with Gasteiger partial charge < -0.3 is 21.4 Å². The van der Waals surface area contributed by atoms with E-state index in [0.29, 0.717) is 22.8 Å². The van der Waals surface area contributed by atoms with Crippen LogP contribution in [0.4, 0.5) is 5.13 Å². The molecule has 4 rings (SSSR count). The lowest BCUT2D eigenvalue weighted by Crippen LogP contribution is -2.71. The molecule has 1 fully saturated rings. The fraction of sp³-hybridized carbons (Fsp3) is 0.263. The van der Waals surface area contributed by atoms with Gasteiger partial charge in [-0.25, -0.2) is 9.78 Å². The van der Waals surface area contributed by atoms with Crippen molar-refractivity contribution in [2.75, 3.05) is 17.2 Å². The number of carboxylic acids is 1. The van der Waals surface area contributed by atoms with Gasteiger partial charge in [0.05, 0.1) is 0 Å². The molecule has 2 amide bonds. The third-order valence-corrected chi connectivity index (χ3v) is 8.57. The van der Waals surface area contributed by atoms with E-state index in [9.17, 15) is 24.7 Å². The number of nitrogens with two attached hydrogens (primary N) is 1. The molecule has 2 atom stereocenters. The molecule has 0 aliphatic carbocycles. The number of rotatable bonds is 8. The van der Waals surface area contributed by atoms with Crippen LogP contribution in [-0.4, -0.2) is 71.6 Å². The molecule has 0 bridgehead atoms. The van der Waals surface area contributed by atoms with Crippen molar-refractivity contribution < 1.29 is 24.7 Å². The van der Waals surface area contributed by atoms with Gasteiger partial charge in [-0.15, -0.1) is 23.5 Å². The third-order valence-electron chi connectivity index (χ3n) is 4.92. The predicted molar refractivity (Wildman–Crippen MR) is 130 cm³/mol. The molecule has 178 valence electrons. The second-order valence-corrected chi connectivity index (χ2v) is 10.9. The number of halogens is 1. The second kappa shape index (κ2) is 10.2. The number of thiazole rings is 1. The molecule has 5 N–H and O–H groups in total. The minimum Gasteiger partial charge on any atom is -0.477 e. The molecule has 1 saturated heterocycles. The standard InChI is InChI=1S/C19H17ClN6O5S3/c20-14-10(24-19(21)34-14)11(25-31)15(27)23-12-16(28)26-13(18(29)30)9(7-33-17(12)26)32-6-4-8-3-1-2-5-22-8/h1-3,5,12,17,31H,4,6-7H2,(H2,21,24)(H,23,27)(H,29,30)/b25-11-/t12-,17-/m1/s1. The summed E-state index contributed by atoms with van der Waals surface area (Å²) in [4.78, 5) is 47.3. The number of thioether (sulfide) groups is 2. The lowest BCUT2D eigenvalue weighted by Gasteiger charge is -2.49. The molecule has 15 heteroatoms. The van der Waals surface area contributed by atoms with Crippen LogP contribution in [-0.2, 0) is 20.8 Å². The Morgan fingerprint density at radius 2 is 2.21 bits per heavy atom. The summed E-state index contributed by atoms with van der Waals surface area (Å²) in [6.07, 6.45) is 2.34. The van der Waals surface area contributed by atoms with Crippen molar-refractivity contribution in [3.05, 3.63) is 50.7 Å². The number of carbonyl (C=O) groups is 3. The summed E-state index contributed by atoms with van der Waals surface area (Å²) in [6.45, 7) is 0. The number of nitrogen functional groups attached to an aromatic ring is 1. The molecule has 2 aromatic heterocycles. The number of aliphatic carboxylic acids is 1. The van der Waals surface area contributed by atoms with Crippen LogP contribution in [0.2, 0.25) is 4.34 Å². The van der Waals surface area contributed by atoms with Gasteiger partial charge in [0.15, 0.2) is 10.8 Å². The van der Waals surface area contributed by atoms with Crippen LogP contribution >= 0.6 is 46.5 Å². The lowest BCUT2D eigenvalue weighted by molar-refractivity contribution is -0.150. The van der Waals surface area contributed by atoms with Crippen molar-refractivity contribution in [1.82, 2.24) is 20.2 Å². The number of oxime groups is 1. The molecular formula is C19H17ClN6O5S3. The Hall–Kier alpha value is -2.81. The molecule has 0 saturated carbocycles. The number of hydrogen-bond donors (Lipinski definition) is 4. The minimum absolute atomic E-state index is 0.0533. The van der Waals surface area contributed by atoms with Crippen LogP contribution in [0.5, 0.6) is 0 Å². The van der Waals surface area contributed by atoms with E-state index in [0.717, 1.165) is 17.0 Å². The number of anilines is 1. The Morgan fingerprint density at radius 1 is 1.41 bits per heavy atom. The van der Waals surface area contributed by atoms with E-state index in [2.05, 4.69) is 20.4 Å². The minimum atomic E-state index is -1.22. The Kier molecular flexibility index (Phi) is 7.30. The molecule has 0 spiro atoms. The molecule has 11 nitrogen and oxygen atoms in total. The maximum Gasteiger partial charge on any atom is 0.353 e. The van der Waals surface area contributed by atoms with Crippen molar-refractivity contribution in [3.63, 3.8) is 0 Å². The first kappa shape index (κ1) is 24.3. The fourth-order valence-electron chi connectivity index (χ4n) is 3.40. The topological polar surface area (TPSA) is 171 Å². The zero-order chi connectivity index (χ0) is 24.4. The number of carboxylic acid groups (broad SMARTS) is 1. The number of hydrogen-bond acceptors (Lipinski definition) is 11. The number of aryl methyl sites for hydroxylation is 1. The monoisotopic (exact) mass is 540 g/mol. The van der Waals surface area contributed by atoms with Gasteiger partial charge in [0.1, 0.15) is 27.1 Å². The first-order chi connectivity index (χ1) is 16.3. The summed E-state index contributed by atoms with van der Waals surface area (Å²) in [7, 11) is 0. The van der Waals surface area contributed by atoms with Gasteiger partial charge in [-0.3, -0.25) is 19.5 Å². The van der Waals surface area contributed by atoms with E-state index < -0.39 is 34.9 Å². The zero-order valence-corrected chi connectivity index (χ0v) is 20.4. The normalized spacial score (nSPS) is 20.1.